The maximum Gasteiger partial charge on any atom is 0.331 e. The summed E-state index contributed by atoms with van der Waals surface area (Å²) in [7, 11) is -3.08. The number of hydrogen-bond acceptors (Lipinski definition) is 8. The van der Waals surface area contributed by atoms with E-state index in [2.05, 4.69) is 15.3 Å². The zero-order valence-electron chi connectivity index (χ0n) is 16.9. The molecule has 1 aliphatic rings. The van der Waals surface area contributed by atoms with Crippen LogP contribution < -0.4 is 0 Å². The fourth-order valence-electron chi connectivity index (χ4n) is 3.29. The van der Waals surface area contributed by atoms with Gasteiger partial charge in [-0.3, -0.25) is 0 Å². The number of ether oxygens (including phenoxy) is 1. The van der Waals surface area contributed by atoms with Crippen LogP contribution in [0.25, 0.3) is 17.5 Å². The van der Waals surface area contributed by atoms with E-state index in [0.717, 1.165) is 0 Å². The van der Waals surface area contributed by atoms with E-state index in [4.69, 9.17) is 32.4 Å². The predicted octanol–water partition coefficient (Wildman–Crippen LogP) is 3.66. The van der Waals surface area contributed by atoms with Crippen LogP contribution in [-0.2, 0) is 26.0 Å². The van der Waals surface area contributed by atoms with E-state index in [1.54, 1.807) is 31.2 Å². The molecule has 0 bridgehead atoms. The third-order valence-corrected chi connectivity index (χ3v) is 7.29. The smallest absolute Gasteiger partial charge is 0.331 e. The Bertz CT molecular complexity index is 1280. The summed E-state index contributed by atoms with van der Waals surface area (Å²) >= 11 is 12.3. The van der Waals surface area contributed by atoms with Gasteiger partial charge in [-0.05, 0) is 43.7 Å². The highest BCUT2D eigenvalue weighted by Crippen LogP contribution is 2.30. The number of esters is 1. The van der Waals surface area contributed by atoms with Gasteiger partial charge < -0.3 is 9.15 Å². The standard InChI is InChI=1S/C20H18Cl2N4O5S/c1-12-16(19(22)26(25-12)15-8-9-32(28,29)11-15)6-7-18(27)30-10-17-23-24-20(31-17)13-2-4-14(21)5-3-13/h2-7,15H,8-11H2,1H3/b7-6+/t15-/m0/s1. The Kier molecular flexibility index (Phi) is 6.36. The maximum absolute atomic E-state index is 12.1. The van der Waals surface area contributed by atoms with Crippen LogP contribution in [0, 0.1) is 6.92 Å². The lowest BCUT2D eigenvalue weighted by Crippen LogP contribution is -2.12. The summed E-state index contributed by atoms with van der Waals surface area (Å²) in [6.45, 7) is 1.53. The Morgan fingerprint density at radius 3 is 2.72 bits per heavy atom. The number of sulfone groups is 1. The molecule has 32 heavy (non-hydrogen) atoms. The highest BCUT2D eigenvalue weighted by atomic mass is 35.5. The largest absolute Gasteiger partial charge is 0.452 e. The molecule has 168 valence electrons. The van der Waals surface area contributed by atoms with E-state index in [1.165, 1.54) is 16.8 Å². The minimum atomic E-state index is -3.08. The van der Waals surface area contributed by atoms with Crippen molar-refractivity contribution < 1.29 is 22.4 Å². The minimum Gasteiger partial charge on any atom is -0.452 e. The van der Waals surface area contributed by atoms with Crippen molar-refractivity contribution in [1.29, 1.82) is 0 Å². The maximum atomic E-state index is 12.1. The van der Waals surface area contributed by atoms with Crippen LogP contribution in [0.3, 0.4) is 0 Å². The van der Waals surface area contributed by atoms with Gasteiger partial charge in [-0.2, -0.15) is 5.10 Å². The van der Waals surface area contributed by atoms with Crippen molar-refractivity contribution in [3.8, 4) is 11.5 Å². The summed E-state index contributed by atoms with van der Waals surface area (Å²) in [6.07, 6.45) is 3.15. The summed E-state index contributed by atoms with van der Waals surface area (Å²) < 4.78 is 35.6. The van der Waals surface area contributed by atoms with E-state index < -0.39 is 15.8 Å². The molecular formula is C20H18Cl2N4O5S. The van der Waals surface area contributed by atoms with E-state index >= 15 is 0 Å². The van der Waals surface area contributed by atoms with Gasteiger partial charge in [0.05, 0.1) is 23.2 Å². The number of carbonyl (C=O) groups is 1. The van der Waals surface area contributed by atoms with Gasteiger partial charge in [0, 0.05) is 22.2 Å². The quantitative estimate of drug-likeness (QED) is 0.374. The third-order valence-electron chi connectivity index (χ3n) is 4.91. The monoisotopic (exact) mass is 496 g/mol. The summed E-state index contributed by atoms with van der Waals surface area (Å²) in [5, 5.41) is 13.0. The fourth-order valence-corrected chi connectivity index (χ4v) is 5.48. The van der Waals surface area contributed by atoms with Crippen molar-refractivity contribution in [2.75, 3.05) is 11.5 Å². The second-order valence-corrected chi connectivity index (χ2v) is 10.3. The molecule has 1 aromatic carbocycles. The molecule has 0 N–H and O–H groups in total. The molecule has 0 spiro atoms. The van der Waals surface area contributed by atoms with Gasteiger partial charge >= 0.3 is 5.97 Å². The highest BCUT2D eigenvalue weighted by Gasteiger charge is 2.31. The predicted molar refractivity (Wildman–Crippen MR) is 118 cm³/mol. The highest BCUT2D eigenvalue weighted by molar-refractivity contribution is 7.91. The zero-order valence-corrected chi connectivity index (χ0v) is 19.2. The Morgan fingerprint density at radius 2 is 2.03 bits per heavy atom. The number of benzene rings is 1. The van der Waals surface area contributed by atoms with Crippen molar-refractivity contribution in [2.45, 2.75) is 26.0 Å². The lowest BCUT2D eigenvalue weighted by molar-refractivity contribution is -0.139. The Balaban J connectivity index is 1.38. The van der Waals surface area contributed by atoms with Crippen molar-refractivity contribution in [3.05, 3.63) is 57.7 Å². The lowest BCUT2D eigenvalue weighted by Gasteiger charge is -2.09. The number of aromatic nitrogens is 4. The second-order valence-electron chi connectivity index (χ2n) is 7.24. The molecule has 0 saturated carbocycles. The van der Waals surface area contributed by atoms with Gasteiger partial charge in [-0.25, -0.2) is 17.9 Å². The normalized spacial score (nSPS) is 17.8. The first-order valence-electron chi connectivity index (χ1n) is 9.60. The van der Waals surface area contributed by atoms with Crippen LogP contribution in [0.5, 0.6) is 0 Å². The number of nitrogens with zero attached hydrogens (tertiary/aromatic N) is 4. The Labute approximate surface area is 193 Å². The molecule has 0 amide bonds. The second kappa shape index (κ2) is 9.05. The van der Waals surface area contributed by atoms with Crippen LogP contribution in [0.15, 0.2) is 34.8 Å². The van der Waals surface area contributed by atoms with Crippen LogP contribution in [0.1, 0.15) is 29.6 Å². The molecular weight excluding hydrogens is 479 g/mol. The summed E-state index contributed by atoms with van der Waals surface area (Å²) in [5.41, 5.74) is 1.79. The van der Waals surface area contributed by atoms with Crippen LogP contribution in [-0.4, -0.2) is 45.9 Å². The number of halogens is 2. The van der Waals surface area contributed by atoms with Crippen molar-refractivity contribution >= 4 is 45.1 Å². The van der Waals surface area contributed by atoms with E-state index in [1.807, 2.05) is 0 Å². The van der Waals surface area contributed by atoms with Gasteiger partial charge in [-0.1, -0.05) is 23.2 Å². The molecule has 0 radical (unpaired) electrons. The molecule has 0 aliphatic carbocycles. The molecule has 3 aromatic rings. The molecule has 9 nitrogen and oxygen atoms in total. The van der Waals surface area contributed by atoms with Crippen molar-refractivity contribution in [1.82, 2.24) is 20.0 Å². The average molecular weight is 497 g/mol. The zero-order chi connectivity index (χ0) is 22.9. The van der Waals surface area contributed by atoms with Crippen LogP contribution >= 0.6 is 23.2 Å². The van der Waals surface area contributed by atoms with Gasteiger partial charge in [0.2, 0.25) is 5.89 Å². The van der Waals surface area contributed by atoms with Crippen LogP contribution in [0.2, 0.25) is 10.2 Å². The fraction of sp³-hybridized carbons (Fsp3) is 0.300. The molecule has 1 saturated heterocycles. The SMILES string of the molecule is Cc1nn([C@H]2CCS(=O)(=O)C2)c(Cl)c1/C=C/C(=O)OCc1nnc(-c2ccc(Cl)cc2)o1. The van der Waals surface area contributed by atoms with Crippen LogP contribution in [0.4, 0.5) is 0 Å². The third kappa shape index (κ3) is 5.03. The minimum absolute atomic E-state index is 0.00122. The first-order chi connectivity index (χ1) is 15.2. The van der Waals surface area contributed by atoms with E-state index in [0.29, 0.717) is 28.3 Å². The molecule has 2 aromatic heterocycles. The van der Waals surface area contributed by atoms with Gasteiger partial charge in [0.1, 0.15) is 5.15 Å². The van der Waals surface area contributed by atoms with Gasteiger partial charge in [0.25, 0.3) is 5.89 Å². The summed E-state index contributed by atoms with van der Waals surface area (Å²) in [4.78, 5) is 12.1. The molecule has 0 unspecified atom stereocenters. The lowest BCUT2D eigenvalue weighted by atomic mass is 10.2. The Morgan fingerprint density at radius 1 is 1.28 bits per heavy atom. The molecule has 4 rings (SSSR count). The number of rotatable bonds is 6. The summed E-state index contributed by atoms with van der Waals surface area (Å²) in [5.74, 6) is -0.0998. The molecule has 12 heteroatoms. The van der Waals surface area contributed by atoms with E-state index in [-0.39, 0.29) is 41.1 Å². The molecule has 1 atom stereocenters. The molecule has 1 aliphatic heterocycles. The first-order valence-corrected chi connectivity index (χ1v) is 12.2. The average Bonchev–Trinajstić information content (AvgIpc) is 3.43. The first kappa shape index (κ1) is 22.5. The van der Waals surface area contributed by atoms with Crippen molar-refractivity contribution in [3.63, 3.8) is 0 Å². The number of carbonyl (C=O) groups excluding carboxylic acids is 1. The molecule has 1 fully saturated rings. The summed E-state index contributed by atoms with van der Waals surface area (Å²) in [6, 6.07) is 6.56. The van der Waals surface area contributed by atoms with Gasteiger partial charge in [-0.15, -0.1) is 10.2 Å². The topological polar surface area (TPSA) is 117 Å². The molecule has 3 heterocycles. The van der Waals surface area contributed by atoms with Gasteiger partial charge in [0.15, 0.2) is 16.4 Å². The number of aryl methyl sites for hydroxylation is 1. The Hall–Kier alpha value is -2.69. The number of hydrogen-bond donors (Lipinski definition) is 0. The van der Waals surface area contributed by atoms with E-state index in [9.17, 15) is 13.2 Å². The van der Waals surface area contributed by atoms with Crippen molar-refractivity contribution in [2.24, 2.45) is 0 Å².